The fraction of sp³-hybridized carbons (Fsp3) is 0.556. The van der Waals surface area contributed by atoms with Crippen molar-refractivity contribution in [3.05, 3.63) is 42.1 Å². The van der Waals surface area contributed by atoms with Crippen LogP contribution < -0.4 is 4.90 Å². The molecular weight excluding hydrogens is 300 g/mol. The highest BCUT2D eigenvalue weighted by atomic mass is 15.3. The molecule has 2 aromatic heterocycles. The lowest BCUT2D eigenvalue weighted by molar-refractivity contribution is 0.308. The minimum Gasteiger partial charge on any atom is -0.356 e. The first-order valence-electron chi connectivity index (χ1n) is 8.74. The molecule has 2 saturated heterocycles. The van der Waals surface area contributed by atoms with Gasteiger partial charge >= 0.3 is 0 Å². The average Bonchev–Trinajstić information content (AvgIpc) is 3.14. The van der Waals surface area contributed by atoms with Gasteiger partial charge in [-0.25, -0.2) is 9.97 Å². The monoisotopic (exact) mass is 324 g/mol. The highest BCUT2D eigenvalue weighted by molar-refractivity contribution is 5.41. The fourth-order valence-electron chi connectivity index (χ4n) is 3.93. The summed E-state index contributed by atoms with van der Waals surface area (Å²) >= 11 is 0. The third-order valence-corrected chi connectivity index (χ3v) is 5.20. The second-order valence-corrected chi connectivity index (χ2v) is 7.33. The molecule has 0 amide bonds. The van der Waals surface area contributed by atoms with E-state index in [1.54, 1.807) is 12.5 Å². The van der Waals surface area contributed by atoms with Gasteiger partial charge in [0.1, 0.15) is 12.1 Å². The van der Waals surface area contributed by atoms with Crippen molar-refractivity contribution in [1.29, 1.82) is 0 Å². The highest BCUT2D eigenvalue weighted by Gasteiger charge is 2.40. The van der Waals surface area contributed by atoms with Crippen molar-refractivity contribution in [2.75, 3.05) is 31.1 Å². The summed E-state index contributed by atoms with van der Waals surface area (Å²) in [5.41, 5.74) is 2.38. The number of hydrogen-bond donors (Lipinski definition) is 0. The Morgan fingerprint density at radius 3 is 2.54 bits per heavy atom. The molecule has 126 valence electrons. The molecule has 0 N–H and O–H groups in total. The Morgan fingerprint density at radius 1 is 1.08 bits per heavy atom. The van der Waals surface area contributed by atoms with Gasteiger partial charge in [-0.3, -0.25) is 4.90 Å². The zero-order chi connectivity index (χ0) is 16.5. The standard InChI is InChI=1S/C18H24N6/c1-13(2)17-5-18(20-12-19-17)24-10-15-8-23(9-16(15)11-24)7-14-3-4-21-22-6-14/h3-6,12-13,15-16H,7-11H2,1-2H3. The summed E-state index contributed by atoms with van der Waals surface area (Å²) in [6.07, 6.45) is 5.35. The van der Waals surface area contributed by atoms with E-state index in [4.69, 9.17) is 0 Å². The molecule has 2 aromatic rings. The lowest BCUT2D eigenvalue weighted by atomic mass is 10.0. The molecule has 4 rings (SSSR count). The SMILES string of the molecule is CC(C)c1cc(N2CC3CN(Cc4ccnnc4)CC3C2)ncn1. The van der Waals surface area contributed by atoms with Gasteiger partial charge in [0.15, 0.2) is 0 Å². The van der Waals surface area contributed by atoms with Gasteiger partial charge in [0.25, 0.3) is 0 Å². The van der Waals surface area contributed by atoms with Crippen molar-refractivity contribution in [2.24, 2.45) is 11.8 Å². The van der Waals surface area contributed by atoms with Crippen LogP contribution in [0.1, 0.15) is 31.0 Å². The first-order chi connectivity index (χ1) is 11.7. The van der Waals surface area contributed by atoms with Crippen LogP contribution in [-0.2, 0) is 6.54 Å². The molecule has 2 fully saturated rings. The Kier molecular flexibility index (Phi) is 4.14. The zero-order valence-corrected chi connectivity index (χ0v) is 14.3. The summed E-state index contributed by atoms with van der Waals surface area (Å²) in [7, 11) is 0. The largest absolute Gasteiger partial charge is 0.356 e. The average molecular weight is 324 g/mol. The first kappa shape index (κ1) is 15.4. The van der Waals surface area contributed by atoms with Crippen LogP contribution in [0, 0.1) is 11.8 Å². The van der Waals surface area contributed by atoms with E-state index in [-0.39, 0.29) is 0 Å². The van der Waals surface area contributed by atoms with E-state index in [1.807, 2.05) is 6.20 Å². The van der Waals surface area contributed by atoms with Gasteiger partial charge in [-0.05, 0) is 29.4 Å². The third kappa shape index (κ3) is 3.11. The van der Waals surface area contributed by atoms with Crippen LogP contribution in [0.25, 0.3) is 0 Å². The third-order valence-electron chi connectivity index (χ3n) is 5.20. The lowest BCUT2D eigenvalue weighted by Crippen LogP contribution is -2.29. The molecule has 6 heteroatoms. The maximum absolute atomic E-state index is 4.50. The molecule has 0 aromatic carbocycles. The molecule has 0 aliphatic carbocycles. The van der Waals surface area contributed by atoms with E-state index in [1.165, 1.54) is 5.56 Å². The molecule has 6 nitrogen and oxygen atoms in total. The van der Waals surface area contributed by atoms with Crippen LogP contribution in [0.4, 0.5) is 5.82 Å². The Bertz CT molecular complexity index is 675. The number of fused-ring (bicyclic) bond motifs is 1. The van der Waals surface area contributed by atoms with Crippen molar-refractivity contribution >= 4 is 5.82 Å². The summed E-state index contributed by atoms with van der Waals surface area (Å²) in [5, 5.41) is 7.83. The summed E-state index contributed by atoms with van der Waals surface area (Å²) < 4.78 is 0. The lowest BCUT2D eigenvalue weighted by Gasteiger charge is -2.22. The van der Waals surface area contributed by atoms with Gasteiger partial charge in [-0.1, -0.05) is 13.8 Å². The predicted molar refractivity (Wildman–Crippen MR) is 92.6 cm³/mol. The Labute approximate surface area is 142 Å². The van der Waals surface area contributed by atoms with E-state index >= 15 is 0 Å². The van der Waals surface area contributed by atoms with E-state index in [9.17, 15) is 0 Å². The second kappa shape index (κ2) is 6.43. The number of nitrogens with zero attached hydrogens (tertiary/aromatic N) is 6. The summed E-state index contributed by atoms with van der Waals surface area (Å²) in [5.74, 6) is 3.00. The quantitative estimate of drug-likeness (QED) is 0.857. The number of anilines is 1. The predicted octanol–water partition coefficient (Wildman–Crippen LogP) is 1.96. The number of hydrogen-bond acceptors (Lipinski definition) is 6. The van der Waals surface area contributed by atoms with E-state index in [2.05, 4.69) is 55.9 Å². The van der Waals surface area contributed by atoms with Gasteiger partial charge in [0.2, 0.25) is 0 Å². The molecule has 24 heavy (non-hydrogen) atoms. The fourth-order valence-corrected chi connectivity index (χ4v) is 3.93. The molecule has 0 spiro atoms. The normalized spacial score (nSPS) is 23.9. The molecule has 0 bridgehead atoms. The molecule has 4 heterocycles. The van der Waals surface area contributed by atoms with Crippen LogP contribution in [0.3, 0.4) is 0 Å². The van der Waals surface area contributed by atoms with Crippen LogP contribution >= 0.6 is 0 Å². The second-order valence-electron chi connectivity index (χ2n) is 7.33. The highest BCUT2D eigenvalue weighted by Crippen LogP contribution is 2.34. The summed E-state index contributed by atoms with van der Waals surface area (Å²) in [6.45, 7) is 9.85. The van der Waals surface area contributed by atoms with Crippen molar-refractivity contribution < 1.29 is 0 Å². The van der Waals surface area contributed by atoms with Gasteiger partial charge in [-0.2, -0.15) is 10.2 Å². The molecule has 2 unspecified atom stereocenters. The minimum absolute atomic E-state index is 0.443. The van der Waals surface area contributed by atoms with Gasteiger partial charge in [0, 0.05) is 50.7 Å². The maximum Gasteiger partial charge on any atom is 0.132 e. The maximum atomic E-state index is 4.50. The molecule has 2 atom stereocenters. The molecule has 0 saturated carbocycles. The molecule has 2 aliphatic rings. The van der Waals surface area contributed by atoms with Gasteiger partial charge in [0.05, 0.1) is 6.20 Å². The van der Waals surface area contributed by atoms with Crippen molar-refractivity contribution in [2.45, 2.75) is 26.3 Å². The van der Waals surface area contributed by atoms with Gasteiger partial charge in [-0.15, -0.1) is 0 Å². The van der Waals surface area contributed by atoms with Crippen LogP contribution in [0.15, 0.2) is 30.9 Å². The van der Waals surface area contributed by atoms with Crippen LogP contribution in [-0.4, -0.2) is 51.2 Å². The number of likely N-dealkylation sites (tertiary alicyclic amines) is 1. The molecular formula is C18H24N6. The summed E-state index contributed by atoms with van der Waals surface area (Å²) in [6, 6.07) is 4.22. The Hall–Kier alpha value is -2.08. The smallest absolute Gasteiger partial charge is 0.132 e. The van der Waals surface area contributed by atoms with Crippen LogP contribution in [0.2, 0.25) is 0 Å². The molecule has 2 aliphatic heterocycles. The van der Waals surface area contributed by atoms with Crippen LogP contribution in [0.5, 0.6) is 0 Å². The topological polar surface area (TPSA) is 58.0 Å². The Morgan fingerprint density at radius 2 is 1.88 bits per heavy atom. The van der Waals surface area contributed by atoms with E-state index in [0.29, 0.717) is 5.92 Å². The summed E-state index contributed by atoms with van der Waals surface area (Å²) in [4.78, 5) is 13.9. The Balaban J connectivity index is 1.38. The van der Waals surface area contributed by atoms with E-state index in [0.717, 1.165) is 56.1 Å². The molecule has 0 radical (unpaired) electrons. The number of rotatable bonds is 4. The van der Waals surface area contributed by atoms with Gasteiger partial charge < -0.3 is 4.90 Å². The number of aromatic nitrogens is 4. The van der Waals surface area contributed by atoms with E-state index < -0.39 is 0 Å². The first-order valence-corrected chi connectivity index (χ1v) is 8.74. The van der Waals surface area contributed by atoms with Crippen molar-refractivity contribution in [3.8, 4) is 0 Å². The van der Waals surface area contributed by atoms with Crippen molar-refractivity contribution in [1.82, 2.24) is 25.1 Å². The minimum atomic E-state index is 0.443. The van der Waals surface area contributed by atoms with Crippen molar-refractivity contribution in [3.63, 3.8) is 0 Å². The zero-order valence-electron chi connectivity index (χ0n) is 14.3.